The summed E-state index contributed by atoms with van der Waals surface area (Å²) in [6.45, 7) is 3.83. The van der Waals surface area contributed by atoms with E-state index in [1.165, 1.54) is 0 Å². The smallest absolute Gasteiger partial charge is 0.200 e. The molecule has 18 heavy (non-hydrogen) atoms. The van der Waals surface area contributed by atoms with Crippen LogP contribution in [0.25, 0.3) is 22.4 Å². The molecule has 0 amide bonds. The fourth-order valence-electron chi connectivity index (χ4n) is 2.06. The molecule has 3 aromatic rings. The zero-order valence-corrected chi connectivity index (χ0v) is 10.6. The summed E-state index contributed by atoms with van der Waals surface area (Å²) in [7, 11) is 1.90. The number of anilines is 1. The van der Waals surface area contributed by atoms with Gasteiger partial charge in [0.1, 0.15) is 5.52 Å². The monoisotopic (exact) mass is 242 g/mol. The van der Waals surface area contributed by atoms with Gasteiger partial charge in [-0.05, 0) is 19.1 Å². The molecular weight excluding hydrogens is 228 g/mol. The van der Waals surface area contributed by atoms with Gasteiger partial charge in [0.2, 0.25) is 5.95 Å². The van der Waals surface area contributed by atoms with Crippen LogP contribution < -0.4 is 5.73 Å². The number of aromatic nitrogens is 3. The molecule has 2 heterocycles. The summed E-state index contributed by atoms with van der Waals surface area (Å²) in [5.41, 5.74) is 10.3. The second kappa shape index (κ2) is 3.60. The number of rotatable bonds is 1. The van der Waals surface area contributed by atoms with E-state index < -0.39 is 0 Å². The summed E-state index contributed by atoms with van der Waals surface area (Å²) in [5.74, 6) is 1.18. The van der Waals surface area contributed by atoms with Gasteiger partial charge >= 0.3 is 0 Å². The first-order chi connectivity index (χ1) is 8.56. The van der Waals surface area contributed by atoms with Crippen LogP contribution in [0.2, 0.25) is 0 Å². The highest BCUT2D eigenvalue weighted by molar-refractivity contribution is 5.80. The topological polar surface area (TPSA) is 69.9 Å². The van der Waals surface area contributed by atoms with E-state index in [1.807, 2.05) is 43.7 Å². The van der Waals surface area contributed by atoms with E-state index in [0.29, 0.717) is 11.8 Å². The molecule has 0 aliphatic carbocycles. The average molecular weight is 242 g/mol. The summed E-state index contributed by atoms with van der Waals surface area (Å²) in [6, 6.07) is 5.87. The third-order valence-corrected chi connectivity index (χ3v) is 3.18. The van der Waals surface area contributed by atoms with Gasteiger partial charge in [0.05, 0.1) is 5.69 Å². The number of hydrogen-bond donors (Lipinski definition) is 1. The van der Waals surface area contributed by atoms with Crippen molar-refractivity contribution in [3.63, 3.8) is 0 Å². The molecule has 0 aliphatic rings. The van der Waals surface area contributed by atoms with Crippen LogP contribution in [0.1, 0.15) is 11.6 Å². The van der Waals surface area contributed by atoms with E-state index in [9.17, 15) is 0 Å². The van der Waals surface area contributed by atoms with Gasteiger partial charge in [-0.25, -0.2) is 9.97 Å². The van der Waals surface area contributed by atoms with E-state index >= 15 is 0 Å². The maximum absolute atomic E-state index is 5.81. The molecule has 0 aliphatic heterocycles. The lowest BCUT2D eigenvalue weighted by molar-refractivity contribution is 0.561. The predicted octanol–water partition coefficient (Wildman–Crippen LogP) is 2.43. The zero-order valence-electron chi connectivity index (χ0n) is 10.6. The molecule has 92 valence electrons. The molecule has 0 unspecified atom stereocenters. The fourth-order valence-corrected chi connectivity index (χ4v) is 2.06. The maximum Gasteiger partial charge on any atom is 0.200 e. The molecule has 0 radical (unpaired) electrons. The Morgan fingerprint density at radius 1 is 1.22 bits per heavy atom. The minimum absolute atomic E-state index is 0.511. The van der Waals surface area contributed by atoms with E-state index in [1.54, 1.807) is 0 Å². The van der Waals surface area contributed by atoms with Crippen molar-refractivity contribution in [2.75, 3.05) is 5.73 Å². The van der Waals surface area contributed by atoms with Crippen molar-refractivity contribution in [1.82, 2.24) is 14.5 Å². The highest BCUT2D eigenvalue weighted by atomic mass is 16.3. The van der Waals surface area contributed by atoms with Crippen LogP contribution in [0.15, 0.2) is 22.6 Å². The molecule has 0 spiro atoms. The Kier molecular flexibility index (Phi) is 2.16. The zero-order chi connectivity index (χ0) is 12.9. The molecule has 5 nitrogen and oxygen atoms in total. The molecule has 3 rings (SSSR count). The Morgan fingerprint density at radius 3 is 2.67 bits per heavy atom. The largest absolute Gasteiger partial charge is 0.441 e. The van der Waals surface area contributed by atoms with E-state index in [0.717, 1.165) is 28.1 Å². The number of aryl methyl sites for hydroxylation is 1. The number of nitrogen functional groups attached to an aromatic ring is 1. The van der Waals surface area contributed by atoms with Gasteiger partial charge in [-0.15, -0.1) is 0 Å². The van der Waals surface area contributed by atoms with Crippen LogP contribution in [0.3, 0.4) is 0 Å². The third kappa shape index (κ3) is 1.48. The highest BCUT2D eigenvalue weighted by Gasteiger charge is 2.12. The molecule has 0 fully saturated rings. The lowest BCUT2D eigenvalue weighted by atomic mass is 10.1. The lowest BCUT2D eigenvalue weighted by Gasteiger charge is -1.99. The second-order valence-corrected chi connectivity index (χ2v) is 4.38. The van der Waals surface area contributed by atoms with Crippen molar-refractivity contribution < 1.29 is 4.42 Å². The minimum atomic E-state index is 0.511. The molecule has 0 bridgehead atoms. The summed E-state index contributed by atoms with van der Waals surface area (Å²) in [6.07, 6.45) is 0. The number of oxazole rings is 1. The first-order valence-corrected chi connectivity index (χ1v) is 5.72. The normalized spacial score (nSPS) is 11.3. The van der Waals surface area contributed by atoms with Crippen LogP contribution in [0.5, 0.6) is 0 Å². The Balaban J connectivity index is 2.21. The third-order valence-electron chi connectivity index (χ3n) is 3.18. The first kappa shape index (κ1) is 10.8. The Bertz CT molecular complexity index is 739. The SMILES string of the molecule is Cc1nc2ccc(-c3nc(N)n(C)c3C)cc2o1. The molecule has 1 aromatic carbocycles. The van der Waals surface area contributed by atoms with Crippen molar-refractivity contribution in [2.24, 2.45) is 7.05 Å². The second-order valence-electron chi connectivity index (χ2n) is 4.38. The van der Waals surface area contributed by atoms with Gasteiger partial charge in [-0.1, -0.05) is 6.07 Å². The Hall–Kier alpha value is -2.30. The molecule has 2 aromatic heterocycles. The fraction of sp³-hybridized carbons (Fsp3) is 0.231. The van der Waals surface area contributed by atoms with Gasteiger partial charge in [0, 0.05) is 25.2 Å². The number of imidazole rings is 1. The van der Waals surface area contributed by atoms with Crippen molar-refractivity contribution >= 4 is 17.0 Å². The molecule has 0 saturated carbocycles. The number of nitrogens with two attached hydrogens (primary N) is 1. The quantitative estimate of drug-likeness (QED) is 0.711. The molecule has 0 saturated heterocycles. The van der Waals surface area contributed by atoms with Crippen molar-refractivity contribution in [3.05, 3.63) is 29.8 Å². The highest BCUT2D eigenvalue weighted by Crippen LogP contribution is 2.27. The number of fused-ring (bicyclic) bond motifs is 1. The summed E-state index contributed by atoms with van der Waals surface area (Å²) >= 11 is 0. The van der Waals surface area contributed by atoms with Crippen molar-refractivity contribution in [2.45, 2.75) is 13.8 Å². The van der Waals surface area contributed by atoms with Crippen LogP contribution in [0.4, 0.5) is 5.95 Å². The van der Waals surface area contributed by atoms with Gasteiger partial charge in [-0.3, -0.25) is 0 Å². The lowest BCUT2D eigenvalue weighted by Crippen LogP contribution is -1.97. The molecule has 2 N–H and O–H groups in total. The van der Waals surface area contributed by atoms with Gasteiger partial charge in [-0.2, -0.15) is 0 Å². The summed E-state index contributed by atoms with van der Waals surface area (Å²) in [5, 5.41) is 0. The van der Waals surface area contributed by atoms with Crippen LogP contribution in [0, 0.1) is 13.8 Å². The maximum atomic E-state index is 5.81. The molecule has 5 heteroatoms. The number of nitrogens with zero attached hydrogens (tertiary/aromatic N) is 3. The number of benzene rings is 1. The van der Waals surface area contributed by atoms with Crippen LogP contribution in [-0.2, 0) is 7.05 Å². The average Bonchev–Trinajstić information content (AvgIpc) is 2.82. The molecule has 0 atom stereocenters. The Labute approximate surface area is 104 Å². The van der Waals surface area contributed by atoms with Crippen LogP contribution in [-0.4, -0.2) is 14.5 Å². The first-order valence-electron chi connectivity index (χ1n) is 5.72. The van der Waals surface area contributed by atoms with Crippen LogP contribution >= 0.6 is 0 Å². The van der Waals surface area contributed by atoms with Crippen molar-refractivity contribution in [3.8, 4) is 11.3 Å². The molecular formula is C13H14N4O. The van der Waals surface area contributed by atoms with Crippen molar-refractivity contribution in [1.29, 1.82) is 0 Å². The van der Waals surface area contributed by atoms with E-state index in [2.05, 4.69) is 9.97 Å². The minimum Gasteiger partial charge on any atom is -0.441 e. The van der Waals surface area contributed by atoms with E-state index in [-0.39, 0.29) is 0 Å². The van der Waals surface area contributed by atoms with E-state index in [4.69, 9.17) is 10.2 Å². The van der Waals surface area contributed by atoms with Gasteiger partial charge < -0.3 is 14.7 Å². The predicted molar refractivity (Wildman–Crippen MR) is 70.1 cm³/mol. The number of hydrogen-bond acceptors (Lipinski definition) is 4. The summed E-state index contributed by atoms with van der Waals surface area (Å²) in [4.78, 5) is 8.65. The standard InChI is InChI=1S/C13H14N4O/c1-7-12(16-13(14)17(7)3)9-4-5-10-11(6-9)18-8(2)15-10/h4-6H,1-3H3,(H2,14,16). The summed E-state index contributed by atoms with van der Waals surface area (Å²) < 4.78 is 7.40. The Morgan fingerprint density at radius 2 is 2.00 bits per heavy atom. The van der Waals surface area contributed by atoms with Gasteiger partial charge in [0.15, 0.2) is 11.5 Å². The van der Waals surface area contributed by atoms with Gasteiger partial charge in [0.25, 0.3) is 0 Å².